The number of allylic oxidation sites excluding steroid dienone is 2. The van der Waals surface area contributed by atoms with E-state index in [9.17, 15) is 24.6 Å². The van der Waals surface area contributed by atoms with Crippen LogP contribution in [-0.4, -0.2) is 27.6 Å². The number of hydrogen-bond donors (Lipinski definition) is 2. The van der Waals surface area contributed by atoms with Crippen molar-refractivity contribution in [3.63, 3.8) is 0 Å². The van der Waals surface area contributed by atoms with E-state index < -0.39 is 22.7 Å². The van der Waals surface area contributed by atoms with E-state index in [2.05, 4.69) is 0 Å². The molecule has 6 nitrogen and oxygen atoms in total. The summed E-state index contributed by atoms with van der Waals surface area (Å²) in [4.78, 5) is 39.5. The highest BCUT2D eigenvalue weighted by molar-refractivity contribution is 6.20. The number of aromatic hydroxyl groups is 2. The van der Waals surface area contributed by atoms with Crippen LogP contribution in [0.5, 0.6) is 17.2 Å². The molecule has 0 saturated heterocycles. The zero-order valence-corrected chi connectivity index (χ0v) is 19.5. The van der Waals surface area contributed by atoms with Gasteiger partial charge in [-0.3, -0.25) is 14.4 Å². The normalized spacial score (nSPS) is 22.7. The number of ketones is 3. The molecule has 0 fully saturated rings. The summed E-state index contributed by atoms with van der Waals surface area (Å²) in [5.74, 6) is -2.36. The van der Waals surface area contributed by atoms with Crippen molar-refractivity contribution in [2.45, 2.75) is 67.7 Å². The lowest BCUT2D eigenvalue weighted by Crippen LogP contribution is -2.52. The van der Waals surface area contributed by atoms with E-state index in [4.69, 9.17) is 4.74 Å². The van der Waals surface area contributed by atoms with Crippen molar-refractivity contribution < 1.29 is 29.3 Å². The first-order valence-electron chi connectivity index (χ1n) is 10.8. The van der Waals surface area contributed by atoms with Gasteiger partial charge in [-0.1, -0.05) is 27.7 Å². The quantitative estimate of drug-likeness (QED) is 0.522. The van der Waals surface area contributed by atoms with E-state index in [1.54, 1.807) is 34.6 Å². The van der Waals surface area contributed by atoms with Crippen LogP contribution in [0.15, 0.2) is 17.4 Å². The molecule has 1 aliphatic heterocycles. The predicted octanol–water partition coefficient (Wildman–Crippen LogP) is 4.92. The van der Waals surface area contributed by atoms with Gasteiger partial charge in [-0.15, -0.1) is 0 Å². The molecule has 168 valence electrons. The van der Waals surface area contributed by atoms with Crippen LogP contribution in [0, 0.1) is 22.7 Å². The maximum atomic E-state index is 13.5. The highest BCUT2D eigenvalue weighted by atomic mass is 16.5. The molecule has 6 heteroatoms. The van der Waals surface area contributed by atoms with Gasteiger partial charge >= 0.3 is 0 Å². The molecule has 2 unspecified atom stereocenters. The second-order valence-corrected chi connectivity index (χ2v) is 10.2. The smallest absolute Gasteiger partial charge is 0.175 e. The molecule has 0 spiro atoms. The van der Waals surface area contributed by atoms with Gasteiger partial charge < -0.3 is 14.9 Å². The number of rotatable bonds is 4. The van der Waals surface area contributed by atoms with Crippen LogP contribution >= 0.6 is 0 Å². The fraction of sp³-hybridized carbons (Fsp3) is 0.560. The SMILES string of the molecule is CCC(C)C(=O)c1c(O)cc2c(c1O)C(C(C)C)C1=C(O2)C(C)(C)C(=O)C(C)(C)C1=O. The Morgan fingerprint density at radius 1 is 1.10 bits per heavy atom. The Bertz CT molecular complexity index is 1020. The van der Waals surface area contributed by atoms with Gasteiger partial charge in [0.2, 0.25) is 0 Å². The molecule has 0 radical (unpaired) electrons. The van der Waals surface area contributed by atoms with Crippen LogP contribution in [0.25, 0.3) is 0 Å². The Morgan fingerprint density at radius 2 is 1.68 bits per heavy atom. The minimum Gasteiger partial charge on any atom is -0.507 e. The summed E-state index contributed by atoms with van der Waals surface area (Å²) in [5, 5.41) is 21.8. The third-order valence-corrected chi connectivity index (χ3v) is 6.85. The van der Waals surface area contributed by atoms with E-state index in [1.165, 1.54) is 6.07 Å². The summed E-state index contributed by atoms with van der Waals surface area (Å²) in [6.45, 7) is 14.1. The highest BCUT2D eigenvalue weighted by Crippen LogP contribution is 2.57. The zero-order chi connectivity index (χ0) is 23.6. The third-order valence-electron chi connectivity index (χ3n) is 6.85. The molecule has 0 aromatic heterocycles. The number of carbonyl (C=O) groups is 3. The summed E-state index contributed by atoms with van der Waals surface area (Å²) in [5.41, 5.74) is -1.77. The molecule has 1 aromatic rings. The van der Waals surface area contributed by atoms with Crippen molar-refractivity contribution in [1.82, 2.24) is 0 Å². The molecular formula is C25H32O6. The third kappa shape index (κ3) is 3.10. The summed E-state index contributed by atoms with van der Waals surface area (Å²) < 4.78 is 6.06. The van der Waals surface area contributed by atoms with Crippen molar-refractivity contribution in [2.75, 3.05) is 0 Å². The number of hydrogen-bond acceptors (Lipinski definition) is 6. The van der Waals surface area contributed by atoms with Crippen molar-refractivity contribution in [2.24, 2.45) is 22.7 Å². The molecule has 2 N–H and O–H groups in total. The molecule has 0 saturated carbocycles. The van der Waals surface area contributed by atoms with Gasteiger partial charge in [0.05, 0.1) is 10.8 Å². The van der Waals surface area contributed by atoms with Crippen LogP contribution in [0.3, 0.4) is 0 Å². The predicted molar refractivity (Wildman–Crippen MR) is 116 cm³/mol. The second-order valence-electron chi connectivity index (χ2n) is 10.2. The van der Waals surface area contributed by atoms with Gasteiger partial charge in [-0.05, 0) is 40.0 Å². The Morgan fingerprint density at radius 3 is 2.19 bits per heavy atom. The van der Waals surface area contributed by atoms with Gasteiger partial charge in [-0.25, -0.2) is 0 Å². The van der Waals surface area contributed by atoms with E-state index in [-0.39, 0.29) is 51.8 Å². The zero-order valence-electron chi connectivity index (χ0n) is 19.5. The van der Waals surface area contributed by atoms with Gasteiger partial charge in [0.15, 0.2) is 17.3 Å². The Labute approximate surface area is 183 Å². The summed E-state index contributed by atoms with van der Waals surface area (Å²) >= 11 is 0. The number of phenols is 2. The Hall–Kier alpha value is -2.63. The average Bonchev–Trinajstić information content (AvgIpc) is 2.69. The minimum absolute atomic E-state index is 0.140. The van der Waals surface area contributed by atoms with Crippen molar-refractivity contribution >= 4 is 17.3 Å². The fourth-order valence-electron chi connectivity index (χ4n) is 4.86. The Balaban J connectivity index is 2.35. The molecule has 1 heterocycles. The summed E-state index contributed by atoms with van der Waals surface area (Å²) in [6, 6.07) is 1.31. The maximum absolute atomic E-state index is 13.5. The lowest BCUT2D eigenvalue weighted by molar-refractivity contribution is -0.144. The number of Topliss-reactive ketones (excluding diaryl/α,β-unsaturated/α-hetero) is 3. The van der Waals surface area contributed by atoms with Gasteiger partial charge in [-0.2, -0.15) is 0 Å². The number of fused-ring (bicyclic) bond motifs is 1. The standard InChI is InChI=1S/C25H32O6/c1-9-12(4)19(27)16-13(26)10-14-17(20(16)28)15(11(2)3)18-21(29)24(5,6)23(30)25(7,8)22(18)31-14/h10-12,15,26,28H,9H2,1-8H3. The van der Waals surface area contributed by atoms with Gasteiger partial charge in [0.1, 0.15) is 28.6 Å². The first kappa shape index (κ1) is 23.0. The summed E-state index contributed by atoms with van der Waals surface area (Å²) in [6.07, 6.45) is 0.553. The maximum Gasteiger partial charge on any atom is 0.175 e. The molecule has 2 atom stereocenters. The molecule has 2 aliphatic rings. The first-order valence-corrected chi connectivity index (χ1v) is 10.8. The molecule has 31 heavy (non-hydrogen) atoms. The van der Waals surface area contributed by atoms with Crippen molar-refractivity contribution in [1.29, 1.82) is 0 Å². The van der Waals surface area contributed by atoms with Crippen LogP contribution < -0.4 is 4.74 Å². The van der Waals surface area contributed by atoms with Gasteiger partial charge in [0.25, 0.3) is 0 Å². The summed E-state index contributed by atoms with van der Waals surface area (Å²) in [7, 11) is 0. The lowest BCUT2D eigenvalue weighted by Gasteiger charge is -2.45. The van der Waals surface area contributed by atoms with E-state index in [0.29, 0.717) is 17.6 Å². The topological polar surface area (TPSA) is 101 Å². The van der Waals surface area contributed by atoms with Crippen molar-refractivity contribution in [3.05, 3.63) is 28.5 Å². The first-order chi connectivity index (χ1) is 14.2. The highest BCUT2D eigenvalue weighted by Gasteiger charge is 2.57. The second kappa shape index (κ2) is 7.21. The minimum atomic E-state index is -1.24. The van der Waals surface area contributed by atoms with Gasteiger partial charge in [0, 0.05) is 29.0 Å². The number of carbonyl (C=O) groups excluding carboxylic acids is 3. The number of phenolic OH excluding ortho intramolecular Hbond substituents is 2. The molecule has 3 rings (SSSR count). The monoisotopic (exact) mass is 428 g/mol. The molecule has 1 aromatic carbocycles. The average molecular weight is 429 g/mol. The van der Waals surface area contributed by atoms with Crippen molar-refractivity contribution in [3.8, 4) is 17.2 Å². The molecule has 0 amide bonds. The Kier molecular flexibility index (Phi) is 5.36. The van der Waals surface area contributed by atoms with E-state index in [0.717, 1.165) is 0 Å². The lowest BCUT2D eigenvalue weighted by atomic mass is 9.59. The van der Waals surface area contributed by atoms with E-state index in [1.807, 2.05) is 20.8 Å². The fourth-order valence-corrected chi connectivity index (χ4v) is 4.86. The van der Waals surface area contributed by atoms with Crippen LogP contribution in [0.2, 0.25) is 0 Å². The van der Waals surface area contributed by atoms with Crippen LogP contribution in [-0.2, 0) is 9.59 Å². The van der Waals surface area contributed by atoms with Crippen LogP contribution in [0.1, 0.15) is 83.7 Å². The number of ether oxygens (including phenoxy) is 1. The molecule has 1 aliphatic carbocycles. The molecule has 0 bridgehead atoms. The largest absolute Gasteiger partial charge is 0.507 e. The molecular weight excluding hydrogens is 396 g/mol. The van der Waals surface area contributed by atoms with Crippen LogP contribution in [0.4, 0.5) is 0 Å². The number of benzene rings is 1. The van der Waals surface area contributed by atoms with E-state index >= 15 is 0 Å².